The van der Waals surface area contributed by atoms with E-state index >= 15 is 0 Å². The summed E-state index contributed by atoms with van der Waals surface area (Å²) in [6.45, 7) is 2.17. The van der Waals surface area contributed by atoms with Crippen molar-refractivity contribution in [1.82, 2.24) is 24.8 Å². The number of hydrogen-bond donors (Lipinski definition) is 3. The van der Waals surface area contributed by atoms with Crippen molar-refractivity contribution >= 4 is 22.9 Å². The molecule has 9 heteroatoms. The molecule has 4 rings (SSSR count). The molecule has 1 fully saturated rings. The van der Waals surface area contributed by atoms with Crippen LogP contribution in [0.25, 0.3) is 5.52 Å². The molecule has 1 aromatic carbocycles. The highest BCUT2D eigenvalue weighted by Crippen LogP contribution is 2.27. The molecule has 158 valence electrons. The van der Waals surface area contributed by atoms with Gasteiger partial charge in [0.2, 0.25) is 5.91 Å². The Kier molecular flexibility index (Phi) is 5.82. The fourth-order valence-corrected chi connectivity index (χ4v) is 3.96. The normalized spacial score (nSPS) is 19.6. The lowest BCUT2D eigenvalue weighted by atomic mass is 9.92. The van der Waals surface area contributed by atoms with Crippen LogP contribution in [0.15, 0.2) is 42.9 Å². The van der Waals surface area contributed by atoms with Gasteiger partial charge in [-0.05, 0) is 30.2 Å². The molecule has 9 nitrogen and oxygen atoms in total. The number of benzene rings is 1. The Morgan fingerprint density at radius 3 is 3.03 bits per heavy atom. The number of ether oxygens (including phenoxy) is 1. The Balaban J connectivity index is 1.59. The summed E-state index contributed by atoms with van der Waals surface area (Å²) in [7, 11) is 3.30. The maximum atomic E-state index is 12.2. The van der Waals surface area contributed by atoms with E-state index in [1.54, 1.807) is 14.2 Å². The van der Waals surface area contributed by atoms with Crippen molar-refractivity contribution in [2.45, 2.75) is 19.0 Å². The lowest BCUT2D eigenvalue weighted by Gasteiger charge is -2.35. The number of amides is 1. The summed E-state index contributed by atoms with van der Waals surface area (Å²) in [5, 5.41) is 10.4. The van der Waals surface area contributed by atoms with Crippen LogP contribution >= 0.6 is 0 Å². The summed E-state index contributed by atoms with van der Waals surface area (Å²) in [6, 6.07) is 9.64. The average Bonchev–Trinajstić information content (AvgIpc) is 3.18. The zero-order valence-electron chi connectivity index (χ0n) is 17.2. The van der Waals surface area contributed by atoms with Crippen molar-refractivity contribution in [3.63, 3.8) is 0 Å². The number of carbonyl (C=O) groups excluding carboxylic acids is 1. The molecule has 1 unspecified atom stereocenters. The number of nitrogens with zero attached hydrogens (tertiary/aromatic N) is 4. The van der Waals surface area contributed by atoms with E-state index in [0.717, 1.165) is 41.3 Å². The van der Waals surface area contributed by atoms with Gasteiger partial charge in [-0.2, -0.15) is 5.10 Å². The van der Waals surface area contributed by atoms with E-state index in [1.807, 2.05) is 41.0 Å². The Morgan fingerprint density at radius 2 is 2.23 bits per heavy atom. The van der Waals surface area contributed by atoms with Crippen molar-refractivity contribution in [3.05, 3.63) is 48.4 Å². The second kappa shape index (κ2) is 8.68. The summed E-state index contributed by atoms with van der Waals surface area (Å²) in [5.41, 5.74) is 9.06. The Bertz CT molecular complexity index is 1040. The highest BCUT2D eigenvalue weighted by molar-refractivity contribution is 5.79. The quantitative estimate of drug-likeness (QED) is 0.564. The molecule has 0 aliphatic carbocycles. The van der Waals surface area contributed by atoms with Gasteiger partial charge in [0.1, 0.15) is 17.6 Å². The number of nitrogens with two attached hydrogens (primary N) is 1. The molecule has 1 aliphatic rings. The molecule has 2 aromatic heterocycles. The van der Waals surface area contributed by atoms with Crippen LogP contribution in [0.3, 0.4) is 0 Å². The predicted molar refractivity (Wildman–Crippen MR) is 115 cm³/mol. The number of hydrogen-bond acceptors (Lipinski definition) is 7. The third kappa shape index (κ3) is 4.07. The van der Waals surface area contributed by atoms with E-state index < -0.39 is 0 Å². The standard InChI is InChI=1S/C21H27N7O2/c1-23-21(29)17-12-27(8-7-18(17)22)11-14-6-9-28-19(14)20(24-13-25-28)26-15-4-3-5-16(10-15)30-2/h3-6,9-10,13,17-18H,7-8,11-12,22H2,1-2H3,(H,23,29)(H,24,25,26)/t17?,18-/m0/s1. The van der Waals surface area contributed by atoms with Gasteiger partial charge in [0.25, 0.3) is 0 Å². The molecular formula is C21H27N7O2. The van der Waals surface area contributed by atoms with Crippen molar-refractivity contribution in [3.8, 4) is 5.75 Å². The Morgan fingerprint density at radius 1 is 1.37 bits per heavy atom. The fourth-order valence-electron chi connectivity index (χ4n) is 3.96. The fraction of sp³-hybridized carbons (Fsp3) is 0.381. The largest absolute Gasteiger partial charge is 0.497 e. The minimum absolute atomic E-state index is 0.00217. The van der Waals surface area contributed by atoms with Crippen LogP contribution in [-0.4, -0.2) is 58.7 Å². The molecule has 3 heterocycles. The first-order valence-electron chi connectivity index (χ1n) is 10.0. The van der Waals surface area contributed by atoms with Gasteiger partial charge in [0.15, 0.2) is 5.82 Å². The maximum Gasteiger partial charge on any atom is 0.225 e. The Labute approximate surface area is 175 Å². The van der Waals surface area contributed by atoms with Crippen molar-refractivity contribution in [2.24, 2.45) is 11.7 Å². The van der Waals surface area contributed by atoms with Crippen molar-refractivity contribution < 1.29 is 9.53 Å². The number of piperidine rings is 1. The number of anilines is 2. The molecule has 4 N–H and O–H groups in total. The third-order valence-corrected chi connectivity index (χ3v) is 5.60. The molecule has 3 aromatic rings. The SMILES string of the molecule is CNC(=O)C1CN(Cc2ccn3ncnc(Nc4cccc(OC)c4)c23)CC[C@@H]1N. The highest BCUT2D eigenvalue weighted by Gasteiger charge is 2.31. The zero-order chi connectivity index (χ0) is 21.1. The maximum absolute atomic E-state index is 12.2. The molecule has 0 bridgehead atoms. The minimum Gasteiger partial charge on any atom is -0.497 e. The Hall–Kier alpha value is -3.17. The number of carbonyl (C=O) groups is 1. The third-order valence-electron chi connectivity index (χ3n) is 5.60. The van der Waals surface area contributed by atoms with Gasteiger partial charge in [0, 0.05) is 50.7 Å². The van der Waals surface area contributed by atoms with Crippen molar-refractivity contribution in [2.75, 3.05) is 32.6 Å². The molecule has 30 heavy (non-hydrogen) atoms. The minimum atomic E-state index is -0.205. The van der Waals surface area contributed by atoms with Crippen LogP contribution in [0.1, 0.15) is 12.0 Å². The number of rotatable bonds is 6. The molecule has 2 atom stereocenters. The summed E-state index contributed by atoms with van der Waals surface area (Å²) < 4.78 is 7.13. The topological polar surface area (TPSA) is 110 Å². The van der Waals surface area contributed by atoms with Gasteiger partial charge < -0.3 is 21.1 Å². The van der Waals surface area contributed by atoms with E-state index in [2.05, 4.69) is 25.6 Å². The van der Waals surface area contributed by atoms with E-state index in [0.29, 0.717) is 13.1 Å². The number of aromatic nitrogens is 3. The summed E-state index contributed by atoms with van der Waals surface area (Å²) in [4.78, 5) is 18.9. The van der Waals surface area contributed by atoms with E-state index in [4.69, 9.17) is 10.5 Å². The van der Waals surface area contributed by atoms with Crippen LogP contribution in [0.4, 0.5) is 11.5 Å². The molecular weight excluding hydrogens is 382 g/mol. The smallest absolute Gasteiger partial charge is 0.225 e. The lowest BCUT2D eigenvalue weighted by molar-refractivity contribution is -0.126. The van der Waals surface area contributed by atoms with E-state index in [1.165, 1.54) is 6.33 Å². The molecule has 0 saturated carbocycles. The van der Waals surface area contributed by atoms with Crippen LogP contribution in [-0.2, 0) is 11.3 Å². The van der Waals surface area contributed by atoms with Gasteiger partial charge in [-0.1, -0.05) is 6.07 Å². The second-order valence-electron chi connectivity index (χ2n) is 7.51. The van der Waals surface area contributed by atoms with Crippen LogP contribution in [0, 0.1) is 5.92 Å². The number of nitrogens with one attached hydrogen (secondary N) is 2. The average molecular weight is 409 g/mol. The second-order valence-corrected chi connectivity index (χ2v) is 7.51. The number of fused-ring (bicyclic) bond motifs is 1. The van der Waals surface area contributed by atoms with Crippen LogP contribution < -0.4 is 21.1 Å². The first kappa shape index (κ1) is 20.1. The summed E-state index contributed by atoms with van der Waals surface area (Å²) >= 11 is 0. The number of likely N-dealkylation sites (tertiary alicyclic amines) is 1. The number of methoxy groups -OCH3 is 1. The monoisotopic (exact) mass is 409 g/mol. The van der Waals surface area contributed by atoms with Gasteiger partial charge in [0.05, 0.1) is 13.0 Å². The molecule has 1 saturated heterocycles. The summed E-state index contributed by atoms with van der Waals surface area (Å²) in [6.07, 6.45) is 4.24. The summed E-state index contributed by atoms with van der Waals surface area (Å²) in [5.74, 6) is 1.28. The van der Waals surface area contributed by atoms with Gasteiger partial charge in [-0.25, -0.2) is 9.50 Å². The van der Waals surface area contributed by atoms with E-state index in [-0.39, 0.29) is 17.9 Å². The van der Waals surface area contributed by atoms with Crippen LogP contribution in [0.2, 0.25) is 0 Å². The van der Waals surface area contributed by atoms with Crippen LogP contribution in [0.5, 0.6) is 5.75 Å². The lowest BCUT2D eigenvalue weighted by Crippen LogP contribution is -2.52. The zero-order valence-corrected chi connectivity index (χ0v) is 17.2. The van der Waals surface area contributed by atoms with Crippen molar-refractivity contribution in [1.29, 1.82) is 0 Å². The predicted octanol–water partition coefficient (Wildman–Crippen LogP) is 1.38. The first-order valence-corrected chi connectivity index (χ1v) is 10.0. The molecule has 1 amide bonds. The highest BCUT2D eigenvalue weighted by atomic mass is 16.5. The molecule has 0 radical (unpaired) electrons. The van der Waals surface area contributed by atoms with E-state index in [9.17, 15) is 4.79 Å². The molecule has 0 spiro atoms. The van der Waals surface area contributed by atoms with Gasteiger partial charge in [-0.15, -0.1) is 0 Å². The van der Waals surface area contributed by atoms with Gasteiger partial charge in [-0.3, -0.25) is 9.69 Å². The van der Waals surface area contributed by atoms with Gasteiger partial charge >= 0.3 is 0 Å². The first-order chi connectivity index (χ1) is 14.6. The molecule has 1 aliphatic heterocycles.